The Bertz CT molecular complexity index is 685. The molecule has 0 bridgehead atoms. The standard InChI is InChI=1S/C16H23ClN2O4S/c1-12(2)10-18-24(21,22)13-5-6-15(14(17)9-13)23-11-16(20)19-7-3-4-8-19/h5-6,9,12,18H,3-4,7-8,10-11H2,1-2H3. The van der Waals surface area contributed by atoms with Crippen molar-refractivity contribution in [2.45, 2.75) is 31.6 Å². The molecule has 2 rings (SSSR count). The Morgan fingerprint density at radius 3 is 2.58 bits per heavy atom. The van der Waals surface area contributed by atoms with E-state index in [1.165, 1.54) is 18.2 Å². The van der Waals surface area contributed by atoms with E-state index in [1.807, 2.05) is 13.8 Å². The van der Waals surface area contributed by atoms with Crippen LogP contribution in [0.4, 0.5) is 0 Å². The number of rotatable bonds is 7. The smallest absolute Gasteiger partial charge is 0.260 e. The predicted molar refractivity (Wildman–Crippen MR) is 92.8 cm³/mol. The second kappa shape index (κ2) is 8.18. The molecule has 0 spiro atoms. The largest absolute Gasteiger partial charge is 0.482 e. The van der Waals surface area contributed by atoms with Crippen LogP contribution in [-0.4, -0.2) is 45.5 Å². The summed E-state index contributed by atoms with van der Waals surface area (Å²) < 4.78 is 32.3. The number of nitrogens with zero attached hydrogens (tertiary/aromatic N) is 1. The van der Waals surface area contributed by atoms with Crippen LogP contribution >= 0.6 is 11.6 Å². The van der Waals surface area contributed by atoms with Gasteiger partial charge in [-0.1, -0.05) is 25.4 Å². The monoisotopic (exact) mass is 374 g/mol. The number of carbonyl (C=O) groups is 1. The molecule has 0 atom stereocenters. The van der Waals surface area contributed by atoms with Crippen molar-refractivity contribution in [1.29, 1.82) is 0 Å². The van der Waals surface area contributed by atoms with Crippen LogP contribution in [0.15, 0.2) is 23.1 Å². The molecule has 1 saturated heterocycles. The summed E-state index contributed by atoms with van der Waals surface area (Å²) in [5.74, 6) is 0.417. The van der Waals surface area contributed by atoms with E-state index in [2.05, 4.69) is 4.72 Å². The summed E-state index contributed by atoms with van der Waals surface area (Å²) in [5.41, 5.74) is 0. The molecule has 1 amide bonds. The van der Waals surface area contributed by atoms with Gasteiger partial charge in [-0.15, -0.1) is 0 Å². The third-order valence-corrected chi connectivity index (χ3v) is 5.42. The van der Waals surface area contributed by atoms with Gasteiger partial charge in [0.05, 0.1) is 9.92 Å². The number of ether oxygens (including phenoxy) is 1. The molecule has 1 aliphatic heterocycles. The second-order valence-corrected chi connectivity index (χ2v) is 8.39. The molecular formula is C16H23ClN2O4S. The second-order valence-electron chi connectivity index (χ2n) is 6.21. The summed E-state index contributed by atoms with van der Waals surface area (Å²) in [4.78, 5) is 13.8. The molecule has 6 nitrogen and oxygen atoms in total. The Labute approximate surface area is 148 Å². The van der Waals surface area contributed by atoms with Crippen molar-refractivity contribution in [3.63, 3.8) is 0 Å². The lowest BCUT2D eigenvalue weighted by atomic mass is 10.2. The number of hydrogen-bond donors (Lipinski definition) is 1. The topological polar surface area (TPSA) is 75.7 Å². The minimum absolute atomic E-state index is 0.0753. The average molecular weight is 375 g/mol. The Kier molecular flexibility index (Phi) is 6.48. The Balaban J connectivity index is 2.00. The van der Waals surface area contributed by atoms with Gasteiger partial charge < -0.3 is 9.64 Å². The van der Waals surface area contributed by atoms with Crippen LogP contribution in [0.2, 0.25) is 5.02 Å². The van der Waals surface area contributed by atoms with Gasteiger partial charge in [-0.3, -0.25) is 4.79 Å². The Hall–Kier alpha value is -1.31. The molecule has 1 heterocycles. The number of carbonyl (C=O) groups excluding carboxylic acids is 1. The van der Waals surface area contributed by atoms with Gasteiger partial charge in [-0.2, -0.15) is 0 Å². The van der Waals surface area contributed by atoms with Crippen molar-refractivity contribution in [3.05, 3.63) is 23.2 Å². The molecule has 8 heteroatoms. The van der Waals surface area contributed by atoms with Crippen LogP contribution in [0.25, 0.3) is 0 Å². The van der Waals surface area contributed by atoms with Crippen molar-refractivity contribution in [1.82, 2.24) is 9.62 Å². The van der Waals surface area contributed by atoms with Crippen molar-refractivity contribution in [2.24, 2.45) is 5.92 Å². The first-order valence-corrected chi connectivity index (χ1v) is 9.85. The van der Waals surface area contributed by atoms with Crippen molar-refractivity contribution in [3.8, 4) is 5.75 Å². The Morgan fingerprint density at radius 1 is 1.33 bits per heavy atom. The van der Waals surface area contributed by atoms with Gasteiger partial charge in [-0.05, 0) is 37.0 Å². The number of halogens is 1. The zero-order valence-corrected chi connectivity index (χ0v) is 15.5. The SMILES string of the molecule is CC(C)CNS(=O)(=O)c1ccc(OCC(=O)N2CCCC2)c(Cl)c1. The van der Waals surface area contributed by atoms with Gasteiger partial charge in [0.15, 0.2) is 6.61 Å². The summed E-state index contributed by atoms with van der Waals surface area (Å²) in [6, 6.07) is 4.23. The highest BCUT2D eigenvalue weighted by Crippen LogP contribution is 2.27. The van der Waals surface area contributed by atoms with Crippen LogP contribution in [0.3, 0.4) is 0 Å². The summed E-state index contributed by atoms with van der Waals surface area (Å²) >= 11 is 6.10. The van der Waals surface area contributed by atoms with Crippen LogP contribution < -0.4 is 9.46 Å². The third kappa shape index (κ3) is 5.09. The van der Waals surface area contributed by atoms with Crippen LogP contribution in [-0.2, 0) is 14.8 Å². The molecule has 0 saturated carbocycles. The molecule has 0 aromatic heterocycles. The highest BCUT2D eigenvalue weighted by molar-refractivity contribution is 7.89. The predicted octanol–water partition coefficient (Wildman–Crippen LogP) is 2.28. The van der Waals surface area contributed by atoms with E-state index in [0.717, 1.165) is 25.9 Å². The van der Waals surface area contributed by atoms with E-state index in [4.69, 9.17) is 16.3 Å². The third-order valence-electron chi connectivity index (χ3n) is 3.71. The summed E-state index contributed by atoms with van der Waals surface area (Å²) in [7, 11) is -3.60. The summed E-state index contributed by atoms with van der Waals surface area (Å²) in [6.45, 7) is 5.61. The summed E-state index contributed by atoms with van der Waals surface area (Å²) in [6.07, 6.45) is 2.03. The molecule has 1 aliphatic rings. The molecule has 0 radical (unpaired) electrons. The first kappa shape index (κ1) is 19.0. The number of nitrogens with one attached hydrogen (secondary N) is 1. The fraction of sp³-hybridized carbons (Fsp3) is 0.562. The maximum Gasteiger partial charge on any atom is 0.260 e. The van der Waals surface area contributed by atoms with Gasteiger partial charge in [0.2, 0.25) is 10.0 Å². The molecule has 1 N–H and O–H groups in total. The van der Waals surface area contributed by atoms with Crippen LogP contribution in [0.5, 0.6) is 5.75 Å². The van der Waals surface area contributed by atoms with Crippen molar-refractivity contribution < 1.29 is 17.9 Å². The van der Waals surface area contributed by atoms with Crippen LogP contribution in [0, 0.1) is 5.92 Å². The highest BCUT2D eigenvalue weighted by Gasteiger charge is 2.20. The lowest BCUT2D eigenvalue weighted by Crippen LogP contribution is -2.32. The van der Waals surface area contributed by atoms with E-state index in [9.17, 15) is 13.2 Å². The maximum atomic E-state index is 12.2. The van der Waals surface area contributed by atoms with Crippen molar-refractivity contribution in [2.75, 3.05) is 26.2 Å². The first-order valence-electron chi connectivity index (χ1n) is 7.99. The quantitative estimate of drug-likeness (QED) is 0.794. The van der Waals surface area contributed by atoms with Gasteiger partial charge in [0, 0.05) is 19.6 Å². The van der Waals surface area contributed by atoms with E-state index in [1.54, 1.807) is 4.90 Å². The normalized spacial score (nSPS) is 15.1. The van der Waals surface area contributed by atoms with E-state index in [-0.39, 0.29) is 28.4 Å². The molecule has 24 heavy (non-hydrogen) atoms. The van der Waals surface area contributed by atoms with Crippen molar-refractivity contribution >= 4 is 27.5 Å². The minimum Gasteiger partial charge on any atom is -0.482 e. The van der Waals surface area contributed by atoms with Gasteiger partial charge in [-0.25, -0.2) is 13.1 Å². The van der Waals surface area contributed by atoms with Gasteiger partial charge in [0.1, 0.15) is 5.75 Å². The molecule has 1 aromatic rings. The van der Waals surface area contributed by atoms with E-state index < -0.39 is 10.0 Å². The number of sulfonamides is 1. The van der Waals surface area contributed by atoms with Gasteiger partial charge in [0.25, 0.3) is 5.91 Å². The number of amides is 1. The average Bonchev–Trinajstić information content (AvgIpc) is 3.06. The number of hydrogen-bond acceptors (Lipinski definition) is 4. The van der Waals surface area contributed by atoms with Gasteiger partial charge >= 0.3 is 0 Å². The van der Waals surface area contributed by atoms with E-state index >= 15 is 0 Å². The molecule has 1 fully saturated rings. The lowest BCUT2D eigenvalue weighted by Gasteiger charge is -2.16. The zero-order valence-electron chi connectivity index (χ0n) is 13.9. The fourth-order valence-corrected chi connectivity index (χ4v) is 3.86. The number of likely N-dealkylation sites (tertiary alicyclic amines) is 1. The van der Waals surface area contributed by atoms with Crippen LogP contribution in [0.1, 0.15) is 26.7 Å². The summed E-state index contributed by atoms with van der Waals surface area (Å²) in [5, 5.41) is 0.164. The fourth-order valence-electron chi connectivity index (χ4n) is 2.32. The molecule has 0 aliphatic carbocycles. The van der Waals surface area contributed by atoms with E-state index in [0.29, 0.717) is 12.3 Å². The highest BCUT2D eigenvalue weighted by atomic mass is 35.5. The first-order chi connectivity index (χ1) is 11.3. The minimum atomic E-state index is -3.60. The maximum absolute atomic E-state index is 12.2. The molecule has 0 unspecified atom stereocenters. The molecule has 134 valence electrons. The molecular weight excluding hydrogens is 352 g/mol. The number of benzene rings is 1. The zero-order chi connectivity index (χ0) is 17.7. The lowest BCUT2D eigenvalue weighted by molar-refractivity contribution is -0.132. The Morgan fingerprint density at radius 2 is 2.00 bits per heavy atom. The molecule has 1 aromatic carbocycles.